The number of Topliss-reactive ketones (excluding diaryl/α,β-unsaturated/α-hetero) is 1. The molecular formula is C13H21NOS. The summed E-state index contributed by atoms with van der Waals surface area (Å²) in [5, 5.41) is 3.19. The Kier molecular flexibility index (Phi) is 4.25. The highest BCUT2D eigenvalue weighted by Crippen LogP contribution is 2.24. The molecule has 0 N–H and O–H groups in total. The standard InChI is InChI=1S/C13H21NOS/c1-9(2)10(15)6-7-12-14-11(8-16-12)13(3,4)5/h8-9H,6-7H2,1-5H3. The van der Waals surface area contributed by atoms with Crippen molar-refractivity contribution in [3.63, 3.8) is 0 Å². The van der Waals surface area contributed by atoms with Gasteiger partial charge in [-0.3, -0.25) is 4.79 Å². The van der Waals surface area contributed by atoms with Gasteiger partial charge in [0.1, 0.15) is 5.78 Å². The first-order valence-corrected chi connectivity index (χ1v) is 6.66. The second-order valence-electron chi connectivity index (χ2n) is 5.50. The molecule has 0 aliphatic heterocycles. The highest BCUT2D eigenvalue weighted by Gasteiger charge is 2.17. The molecule has 0 unspecified atom stereocenters. The molecule has 1 rings (SSSR count). The molecule has 16 heavy (non-hydrogen) atoms. The van der Waals surface area contributed by atoms with Crippen molar-refractivity contribution in [3.8, 4) is 0 Å². The van der Waals surface area contributed by atoms with Gasteiger partial charge in [-0.2, -0.15) is 0 Å². The van der Waals surface area contributed by atoms with Gasteiger partial charge in [0, 0.05) is 29.6 Å². The van der Waals surface area contributed by atoms with Crippen LogP contribution in [-0.4, -0.2) is 10.8 Å². The van der Waals surface area contributed by atoms with Crippen molar-refractivity contribution in [2.24, 2.45) is 5.92 Å². The van der Waals surface area contributed by atoms with Crippen LogP contribution in [0.15, 0.2) is 5.38 Å². The second-order valence-corrected chi connectivity index (χ2v) is 6.44. The summed E-state index contributed by atoms with van der Waals surface area (Å²) in [5.41, 5.74) is 1.24. The first-order valence-electron chi connectivity index (χ1n) is 5.78. The van der Waals surface area contributed by atoms with Crippen LogP contribution in [-0.2, 0) is 16.6 Å². The zero-order valence-electron chi connectivity index (χ0n) is 10.8. The number of rotatable bonds is 4. The average Bonchev–Trinajstić information content (AvgIpc) is 2.61. The quantitative estimate of drug-likeness (QED) is 0.803. The maximum absolute atomic E-state index is 11.5. The summed E-state index contributed by atoms with van der Waals surface area (Å²) in [7, 11) is 0. The van der Waals surface area contributed by atoms with Crippen LogP contribution >= 0.6 is 11.3 Å². The Morgan fingerprint density at radius 1 is 1.44 bits per heavy atom. The average molecular weight is 239 g/mol. The summed E-state index contributed by atoms with van der Waals surface area (Å²) in [5.74, 6) is 0.467. The van der Waals surface area contributed by atoms with Crippen molar-refractivity contribution in [2.75, 3.05) is 0 Å². The fraction of sp³-hybridized carbons (Fsp3) is 0.692. The number of hydrogen-bond donors (Lipinski definition) is 0. The van der Waals surface area contributed by atoms with E-state index in [-0.39, 0.29) is 11.3 Å². The van der Waals surface area contributed by atoms with Crippen LogP contribution in [0.5, 0.6) is 0 Å². The predicted octanol–water partition coefficient (Wildman–Crippen LogP) is 3.60. The second kappa shape index (κ2) is 5.09. The minimum absolute atomic E-state index is 0.108. The molecule has 0 aromatic carbocycles. The summed E-state index contributed by atoms with van der Waals surface area (Å²) in [4.78, 5) is 16.1. The van der Waals surface area contributed by atoms with Crippen LogP contribution in [0, 0.1) is 5.92 Å². The van der Waals surface area contributed by atoms with Gasteiger partial charge in [0.25, 0.3) is 0 Å². The van der Waals surface area contributed by atoms with Crippen LogP contribution in [0.2, 0.25) is 0 Å². The molecule has 0 atom stereocenters. The predicted molar refractivity (Wildman–Crippen MR) is 69.0 cm³/mol. The Balaban J connectivity index is 2.57. The summed E-state index contributed by atoms with van der Waals surface area (Å²) >= 11 is 1.67. The molecule has 0 saturated carbocycles. The van der Waals surface area contributed by atoms with Gasteiger partial charge < -0.3 is 0 Å². The highest BCUT2D eigenvalue weighted by atomic mass is 32.1. The Hall–Kier alpha value is -0.700. The maximum atomic E-state index is 11.5. The lowest BCUT2D eigenvalue weighted by molar-refractivity contribution is -0.121. The van der Waals surface area contributed by atoms with Crippen molar-refractivity contribution in [3.05, 3.63) is 16.1 Å². The van der Waals surface area contributed by atoms with Crippen LogP contribution < -0.4 is 0 Å². The number of hydrogen-bond acceptors (Lipinski definition) is 3. The van der Waals surface area contributed by atoms with Crippen molar-refractivity contribution >= 4 is 17.1 Å². The first-order chi connectivity index (χ1) is 7.30. The number of carbonyl (C=O) groups is 1. The summed E-state index contributed by atoms with van der Waals surface area (Å²) in [6.07, 6.45) is 1.41. The molecule has 0 fully saturated rings. The topological polar surface area (TPSA) is 30.0 Å². The van der Waals surface area contributed by atoms with Crippen molar-refractivity contribution in [1.82, 2.24) is 4.98 Å². The maximum Gasteiger partial charge on any atom is 0.135 e. The van der Waals surface area contributed by atoms with E-state index in [9.17, 15) is 4.79 Å². The minimum Gasteiger partial charge on any atom is -0.299 e. The zero-order chi connectivity index (χ0) is 12.3. The van der Waals surface area contributed by atoms with Crippen LogP contribution in [0.25, 0.3) is 0 Å². The van der Waals surface area contributed by atoms with E-state index >= 15 is 0 Å². The van der Waals surface area contributed by atoms with Gasteiger partial charge in [-0.1, -0.05) is 34.6 Å². The van der Waals surface area contributed by atoms with Gasteiger partial charge in [-0.25, -0.2) is 4.98 Å². The Labute approximate surface area is 102 Å². The molecule has 0 spiro atoms. The highest BCUT2D eigenvalue weighted by molar-refractivity contribution is 7.09. The summed E-state index contributed by atoms with van der Waals surface area (Å²) < 4.78 is 0. The van der Waals surface area contributed by atoms with E-state index in [1.807, 2.05) is 13.8 Å². The van der Waals surface area contributed by atoms with Gasteiger partial charge in [-0.15, -0.1) is 11.3 Å². The Morgan fingerprint density at radius 3 is 2.50 bits per heavy atom. The van der Waals surface area contributed by atoms with Crippen molar-refractivity contribution in [1.29, 1.82) is 0 Å². The fourth-order valence-corrected chi connectivity index (χ4v) is 2.31. The number of ketones is 1. The molecule has 1 heterocycles. The number of aryl methyl sites for hydroxylation is 1. The summed E-state index contributed by atoms with van der Waals surface area (Å²) in [6.45, 7) is 10.4. The van der Waals surface area contributed by atoms with Crippen LogP contribution in [0.1, 0.15) is 51.7 Å². The van der Waals surface area contributed by atoms with Gasteiger partial charge in [0.2, 0.25) is 0 Å². The lowest BCUT2D eigenvalue weighted by Crippen LogP contribution is -2.12. The molecule has 0 aliphatic carbocycles. The lowest BCUT2D eigenvalue weighted by Gasteiger charge is -2.14. The van der Waals surface area contributed by atoms with E-state index in [1.165, 1.54) is 0 Å². The van der Waals surface area contributed by atoms with Gasteiger partial charge >= 0.3 is 0 Å². The molecule has 2 nitrogen and oxygen atoms in total. The molecule has 0 bridgehead atoms. The molecule has 1 aromatic heterocycles. The molecule has 0 radical (unpaired) electrons. The zero-order valence-corrected chi connectivity index (χ0v) is 11.6. The molecular weight excluding hydrogens is 218 g/mol. The van der Waals surface area contributed by atoms with E-state index < -0.39 is 0 Å². The lowest BCUT2D eigenvalue weighted by atomic mass is 9.93. The van der Waals surface area contributed by atoms with E-state index in [0.29, 0.717) is 12.2 Å². The van der Waals surface area contributed by atoms with Crippen LogP contribution in [0.3, 0.4) is 0 Å². The third-order valence-corrected chi connectivity index (χ3v) is 3.46. The van der Waals surface area contributed by atoms with Crippen molar-refractivity contribution in [2.45, 2.75) is 52.9 Å². The SMILES string of the molecule is CC(C)C(=O)CCc1nc(C(C)(C)C)cs1. The van der Waals surface area contributed by atoms with Crippen molar-refractivity contribution < 1.29 is 4.79 Å². The number of nitrogens with zero attached hydrogens (tertiary/aromatic N) is 1. The Bertz CT molecular complexity index is 360. The fourth-order valence-electron chi connectivity index (χ4n) is 1.29. The molecule has 90 valence electrons. The molecule has 0 amide bonds. The van der Waals surface area contributed by atoms with E-state index in [1.54, 1.807) is 11.3 Å². The summed E-state index contributed by atoms with van der Waals surface area (Å²) in [6, 6.07) is 0. The molecule has 1 aromatic rings. The van der Waals surface area contributed by atoms with E-state index in [0.717, 1.165) is 17.1 Å². The van der Waals surface area contributed by atoms with Gasteiger partial charge in [0.05, 0.1) is 10.7 Å². The third-order valence-electron chi connectivity index (χ3n) is 2.55. The molecule has 0 aliphatic rings. The monoisotopic (exact) mass is 239 g/mol. The number of carbonyl (C=O) groups excluding carboxylic acids is 1. The van der Waals surface area contributed by atoms with Gasteiger partial charge in [-0.05, 0) is 0 Å². The van der Waals surface area contributed by atoms with E-state index in [2.05, 4.69) is 31.1 Å². The number of thiazole rings is 1. The first kappa shape index (κ1) is 13.4. The Morgan fingerprint density at radius 2 is 2.06 bits per heavy atom. The third kappa shape index (κ3) is 3.71. The molecule has 3 heteroatoms. The van der Waals surface area contributed by atoms with Crippen LogP contribution in [0.4, 0.5) is 0 Å². The number of aromatic nitrogens is 1. The molecule has 0 saturated heterocycles. The largest absolute Gasteiger partial charge is 0.299 e. The van der Waals surface area contributed by atoms with E-state index in [4.69, 9.17) is 0 Å². The smallest absolute Gasteiger partial charge is 0.135 e. The normalized spacial score (nSPS) is 12.1. The minimum atomic E-state index is 0.108. The van der Waals surface area contributed by atoms with Gasteiger partial charge in [0.15, 0.2) is 0 Å².